The normalized spacial score (nSPS) is 25.2. The Morgan fingerprint density at radius 2 is 2.00 bits per heavy atom. The van der Waals surface area contributed by atoms with Crippen molar-refractivity contribution < 1.29 is 13.3 Å². The summed E-state index contributed by atoms with van der Waals surface area (Å²) in [5, 5.41) is 0. The van der Waals surface area contributed by atoms with E-state index >= 15 is 0 Å². The Labute approximate surface area is 108 Å². The molecular formula is C13H17NO3S. The highest BCUT2D eigenvalue weighted by atomic mass is 32.2. The molecule has 1 saturated heterocycles. The minimum Gasteiger partial charge on any atom is -0.280 e. The molecule has 0 N–H and O–H groups in total. The van der Waals surface area contributed by atoms with Crippen LogP contribution in [0.5, 0.6) is 0 Å². The van der Waals surface area contributed by atoms with E-state index in [0.717, 1.165) is 10.0 Å². The highest BCUT2D eigenvalue weighted by Crippen LogP contribution is 2.28. The maximum absolute atomic E-state index is 12.4. The monoisotopic (exact) mass is 267 g/mol. The number of sulfonamides is 1. The van der Waals surface area contributed by atoms with Crippen LogP contribution < -0.4 is 0 Å². The molecule has 2 atom stereocenters. The highest BCUT2D eigenvalue weighted by Gasteiger charge is 2.38. The molecule has 4 nitrogen and oxygen atoms in total. The predicted octanol–water partition coefficient (Wildman–Crippen LogP) is 2.26. The van der Waals surface area contributed by atoms with Gasteiger partial charge in [-0.15, -0.1) is 6.58 Å². The average molecular weight is 267 g/mol. The van der Waals surface area contributed by atoms with Crippen LogP contribution in [0, 0.1) is 6.92 Å². The first-order valence-electron chi connectivity index (χ1n) is 5.85. The van der Waals surface area contributed by atoms with Gasteiger partial charge in [0.1, 0.15) is 0 Å². The molecule has 0 unspecified atom stereocenters. The third-order valence-electron chi connectivity index (χ3n) is 2.96. The van der Waals surface area contributed by atoms with Crippen molar-refractivity contribution in [3.05, 3.63) is 42.5 Å². The van der Waals surface area contributed by atoms with E-state index in [1.165, 1.54) is 0 Å². The van der Waals surface area contributed by atoms with Crippen molar-refractivity contribution in [2.24, 2.45) is 0 Å². The molecule has 0 radical (unpaired) electrons. The Balaban J connectivity index is 2.36. The van der Waals surface area contributed by atoms with Gasteiger partial charge in [-0.1, -0.05) is 28.2 Å². The van der Waals surface area contributed by atoms with Crippen LogP contribution in [0.25, 0.3) is 0 Å². The topological polar surface area (TPSA) is 46.6 Å². The van der Waals surface area contributed by atoms with Gasteiger partial charge in [0.25, 0.3) is 10.0 Å². The maximum Gasteiger partial charge on any atom is 0.265 e. The number of aryl methyl sites for hydroxylation is 1. The number of hydrogen-bond donors (Lipinski definition) is 0. The van der Waals surface area contributed by atoms with Gasteiger partial charge in [0, 0.05) is 0 Å². The molecule has 0 saturated carbocycles. The number of nitrogens with zero attached hydrogens (tertiary/aromatic N) is 1. The molecule has 0 spiro atoms. The third kappa shape index (κ3) is 2.34. The molecule has 98 valence electrons. The zero-order valence-electron chi connectivity index (χ0n) is 10.5. The van der Waals surface area contributed by atoms with E-state index < -0.39 is 10.0 Å². The second-order valence-electron chi connectivity index (χ2n) is 4.53. The quantitative estimate of drug-likeness (QED) is 0.789. The van der Waals surface area contributed by atoms with Crippen molar-refractivity contribution >= 4 is 10.0 Å². The van der Waals surface area contributed by atoms with Crippen LogP contribution in [-0.4, -0.2) is 25.0 Å². The number of hydrogen-bond acceptors (Lipinski definition) is 3. The zero-order valence-corrected chi connectivity index (χ0v) is 11.4. The highest BCUT2D eigenvalue weighted by molar-refractivity contribution is 7.89. The van der Waals surface area contributed by atoms with Gasteiger partial charge in [-0.05, 0) is 32.4 Å². The van der Waals surface area contributed by atoms with Crippen LogP contribution in [-0.2, 0) is 14.9 Å². The fourth-order valence-electron chi connectivity index (χ4n) is 1.96. The summed E-state index contributed by atoms with van der Waals surface area (Å²) in [7, 11) is -3.61. The molecule has 0 aromatic heterocycles. The van der Waals surface area contributed by atoms with Gasteiger partial charge < -0.3 is 0 Å². The van der Waals surface area contributed by atoms with E-state index in [1.54, 1.807) is 30.3 Å². The van der Waals surface area contributed by atoms with E-state index in [4.69, 9.17) is 4.84 Å². The van der Waals surface area contributed by atoms with Crippen LogP contribution in [0.1, 0.15) is 18.9 Å². The first-order chi connectivity index (χ1) is 8.45. The SMILES string of the molecule is C=C[C@H]1C[C@@H](C)ON1S(=O)(=O)c1ccc(C)cc1. The summed E-state index contributed by atoms with van der Waals surface area (Å²) in [5.41, 5.74) is 1.02. The van der Waals surface area contributed by atoms with Crippen LogP contribution >= 0.6 is 0 Å². The van der Waals surface area contributed by atoms with Crippen molar-refractivity contribution in [3.63, 3.8) is 0 Å². The standard InChI is InChI=1S/C13H17NO3S/c1-4-12-9-11(3)17-14(12)18(15,16)13-7-5-10(2)6-8-13/h4-8,11-12H,1,9H2,2-3H3/t11-,12+/m1/s1. The molecule has 0 amide bonds. The fourth-order valence-corrected chi connectivity index (χ4v) is 3.43. The van der Waals surface area contributed by atoms with Gasteiger partial charge in [-0.3, -0.25) is 4.84 Å². The van der Waals surface area contributed by atoms with Gasteiger partial charge in [-0.2, -0.15) is 0 Å². The summed E-state index contributed by atoms with van der Waals surface area (Å²) in [5.74, 6) is 0. The Bertz CT molecular complexity index is 536. The van der Waals surface area contributed by atoms with Gasteiger partial charge in [0.05, 0.1) is 17.0 Å². The third-order valence-corrected chi connectivity index (χ3v) is 4.65. The number of rotatable bonds is 3. The minimum absolute atomic E-state index is 0.117. The lowest BCUT2D eigenvalue weighted by molar-refractivity contribution is -0.0772. The largest absolute Gasteiger partial charge is 0.280 e. The van der Waals surface area contributed by atoms with Crippen LogP contribution in [0.3, 0.4) is 0 Å². The smallest absolute Gasteiger partial charge is 0.265 e. The molecule has 1 fully saturated rings. The van der Waals surface area contributed by atoms with Gasteiger partial charge in [-0.25, -0.2) is 8.42 Å². The van der Waals surface area contributed by atoms with E-state index in [1.807, 2.05) is 13.8 Å². The van der Waals surface area contributed by atoms with Crippen LogP contribution in [0.4, 0.5) is 0 Å². The lowest BCUT2D eigenvalue weighted by Gasteiger charge is -2.19. The number of benzene rings is 1. The van der Waals surface area contributed by atoms with E-state index in [9.17, 15) is 8.42 Å². The maximum atomic E-state index is 12.4. The Morgan fingerprint density at radius 1 is 1.39 bits per heavy atom. The minimum atomic E-state index is -3.61. The summed E-state index contributed by atoms with van der Waals surface area (Å²) >= 11 is 0. The first kappa shape index (κ1) is 13.3. The molecule has 0 aliphatic carbocycles. The van der Waals surface area contributed by atoms with E-state index in [-0.39, 0.29) is 17.0 Å². The molecule has 1 heterocycles. The molecule has 18 heavy (non-hydrogen) atoms. The summed E-state index contributed by atoms with van der Waals surface area (Å²) < 4.78 is 25.9. The Hall–Kier alpha value is -1.17. The van der Waals surface area contributed by atoms with Crippen LogP contribution in [0.15, 0.2) is 41.8 Å². The summed E-state index contributed by atoms with van der Waals surface area (Å²) in [6.45, 7) is 7.42. The molecule has 1 aliphatic rings. The van der Waals surface area contributed by atoms with Gasteiger partial charge >= 0.3 is 0 Å². The van der Waals surface area contributed by atoms with Crippen molar-refractivity contribution in [2.75, 3.05) is 0 Å². The van der Waals surface area contributed by atoms with Gasteiger partial charge in [0.2, 0.25) is 0 Å². The fraction of sp³-hybridized carbons (Fsp3) is 0.385. The Morgan fingerprint density at radius 3 is 2.56 bits per heavy atom. The summed E-state index contributed by atoms with van der Waals surface area (Å²) in [6, 6.07) is 6.44. The number of hydroxylamine groups is 1. The molecule has 5 heteroatoms. The van der Waals surface area contributed by atoms with Crippen molar-refractivity contribution in [3.8, 4) is 0 Å². The average Bonchev–Trinajstić information content (AvgIpc) is 2.72. The molecule has 1 aromatic carbocycles. The molecule has 1 aromatic rings. The summed E-state index contributed by atoms with van der Waals surface area (Å²) in [4.78, 5) is 5.63. The van der Waals surface area contributed by atoms with Gasteiger partial charge in [0.15, 0.2) is 0 Å². The second kappa shape index (κ2) is 4.84. The molecule has 1 aliphatic heterocycles. The lowest BCUT2D eigenvalue weighted by Crippen LogP contribution is -2.33. The second-order valence-corrected chi connectivity index (χ2v) is 6.31. The predicted molar refractivity (Wildman–Crippen MR) is 69.4 cm³/mol. The first-order valence-corrected chi connectivity index (χ1v) is 7.29. The van der Waals surface area contributed by atoms with Crippen molar-refractivity contribution in [2.45, 2.75) is 37.3 Å². The summed E-state index contributed by atoms with van der Waals surface area (Å²) in [6.07, 6.45) is 2.12. The Kier molecular flexibility index (Phi) is 3.56. The van der Waals surface area contributed by atoms with Crippen molar-refractivity contribution in [1.29, 1.82) is 0 Å². The molecule has 2 rings (SSSR count). The lowest BCUT2D eigenvalue weighted by atomic mass is 10.2. The zero-order chi connectivity index (χ0) is 13.3. The molecular weight excluding hydrogens is 250 g/mol. The van der Waals surface area contributed by atoms with Crippen molar-refractivity contribution in [1.82, 2.24) is 4.47 Å². The van der Waals surface area contributed by atoms with E-state index in [2.05, 4.69) is 6.58 Å². The van der Waals surface area contributed by atoms with Crippen LogP contribution in [0.2, 0.25) is 0 Å². The van der Waals surface area contributed by atoms with E-state index in [0.29, 0.717) is 6.42 Å². The molecule has 0 bridgehead atoms.